The molecule has 2 aromatic rings. The fraction of sp³-hybridized carbons (Fsp3) is 0.480. The number of carbonyl (C=O) groups is 1. The predicted molar refractivity (Wildman–Crippen MR) is 129 cm³/mol. The third kappa shape index (κ3) is 4.93. The highest BCUT2D eigenvalue weighted by Gasteiger charge is 2.36. The van der Waals surface area contributed by atoms with E-state index < -0.39 is 16.1 Å². The molecule has 1 heterocycles. The van der Waals surface area contributed by atoms with Crippen molar-refractivity contribution in [1.29, 1.82) is 0 Å². The Morgan fingerprint density at radius 3 is 2.31 bits per heavy atom. The van der Waals surface area contributed by atoms with E-state index in [0.717, 1.165) is 28.5 Å². The van der Waals surface area contributed by atoms with Crippen LogP contribution in [0.1, 0.15) is 61.6 Å². The average molecular weight is 459 g/mol. The number of carbonyl (C=O) groups excluding carboxylic acids is 1. The number of fused-ring (bicyclic) bond motifs is 1. The van der Waals surface area contributed by atoms with Crippen LogP contribution in [0.4, 0.5) is 5.69 Å². The number of rotatable bonds is 4. The molecule has 174 valence electrons. The second-order valence-corrected chi connectivity index (χ2v) is 11.8. The van der Waals surface area contributed by atoms with Crippen molar-refractivity contribution in [2.75, 3.05) is 17.1 Å². The van der Waals surface area contributed by atoms with Crippen LogP contribution < -0.4 is 14.4 Å². The maximum absolute atomic E-state index is 13.1. The van der Waals surface area contributed by atoms with Gasteiger partial charge in [0, 0.05) is 0 Å². The molecule has 0 radical (unpaired) electrons. The van der Waals surface area contributed by atoms with Crippen LogP contribution in [-0.2, 0) is 20.2 Å². The summed E-state index contributed by atoms with van der Waals surface area (Å²) < 4.78 is 32.4. The van der Waals surface area contributed by atoms with Gasteiger partial charge >= 0.3 is 0 Å². The number of nitrogens with zero attached hydrogens (tertiary/aromatic N) is 1. The quantitative estimate of drug-likeness (QED) is 0.741. The number of aryl methyl sites for hydroxylation is 3. The minimum absolute atomic E-state index is 0.0656. The molecule has 6 nitrogen and oxygen atoms in total. The Balaban J connectivity index is 1.88. The molecule has 0 spiro atoms. The lowest BCUT2D eigenvalue weighted by Gasteiger charge is -2.35. The van der Waals surface area contributed by atoms with Gasteiger partial charge in [-0.15, -0.1) is 0 Å². The van der Waals surface area contributed by atoms with E-state index in [1.54, 1.807) is 6.07 Å². The molecule has 0 aromatic heterocycles. The van der Waals surface area contributed by atoms with Crippen LogP contribution in [0.2, 0.25) is 0 Å². The molecule has 2 aromatic carbocycles. The van der Waals surface area contributed by atoms with Crippen LogP contribution in [0.15, 0.2) is 30.3 Å². The smallest absolute Gasteiger partial charge is 0.263 e. The van der Waals surface area contributed by atoms with E-state index in [1.807, 2.05) is 32.9 Å². The topological polar surface area (TPSA) is 75.7 Å². The van der Waals surface area contributed by atoms with Crippen molar-refractivity contribution in [3.05, 3.63) is 58.1 Å². The number of nitrogens with one attached hydrogen (secondary N) is 1. The van der Waals surface area contributed by atoms with E-state index in [-0.39, 0.29) is 23.9 Å². The van der Waals surface area contributed by atoms with Gasteiger partial charge in [0.1, 0.15) is 5.75 Å². The summed E-state index contributed by atoms with van der Waals surface area (Å²) >= 11 is 0. The van der Waals surface area contributed by atoms with Gasteiger partial charge in [0.05, 0.1) is 24.5 Å². The van der Waals surface area contributed by atoms with Crippen molar-refractivity contribution in [2.45, 2.75) is 66.0 Å². The van der Waals surface area contributed by atoms with Crippen molar-refractivity contribution in [2.24, 2.45) is 0 Å². The van der Waals surface area contributed by atoms with Crippen LogP contribution in [0.25, 0.3) is 0 Å². The van der Waals surface area contributed by atoms with E-state index in [1.165, 1.54) is 9.87 Å². The lowest BCUT2D eigenvalue weighted by molar-refractivity contribution is -0.128. The standard InChI is InChI=1S/C25H34N2O4S/c1-15-11-17(3)20(12-16(15)2)18(4)26-24(28)23-14-27(32(8,29)30)21-13-19(25(5,6)7)9-10-22(21)31-23/h9-13,18,23H,14H2,1-8H3,(H,26,28). The zero-order valence-electron chi connectivity index (χ0n) is 20.2. The second kappa shape index (κ2) is 8.43. The van der Waals surface area contributed by atoms with Gasteiger partial charge in [-0.1, -0.05) is 39.0 Å². The molecule has 1 N–H and O–H groups in total. The average Bonchev–Trinajstić information content (AvgIpc) is 2.67. The SMILES string of the molecule is Cc1cc(C)c(C(C)NC(=O)C2CN(S(C)(=O)=O)c3cc(C(C)(C)C)ccc3O2)cc1C. The van der Waals surface area contributed by atoms with Gasteiger partial charge < -0.3 is 10.1 Å². The summed E-state index contributed by atoms with van der Waals surface area (Å²) in [6.07, 6.45) is 0.217. The fourth-order valence-electron chi connectivity index (χ4n) is 4.00. The highest BCUT2D eigenvalue weighted by atomic mass is 32.2. The number of hydrogen-bond donors (Lipinski definition) is 1. The van der Waals surface area contributed by atoms with Gasteiger partial charge in [-0.05, 0) is 73.1 Å². The summed E-state index contributed by atoms with van der Waals surface area (Å²) in [4.78, 5) is 13.1. The second-order valence-electron chi connectivity index (χ2n) is 9.86. The number of anilines is 1. The van der Waals surface area contributed by atoms with Crippen molar-refractivity contribution in [1.82, 2.24) is 5.32 Å². The minimum atomic E-state index is -3.59. The van der Waals surface area contributed by atoms with E-state index in [4.69, 9.17) is 4.74 Å². The number of hydrogen-bond acceptors (Lipinski definition) is 4. The molecule has 1 amide bonds. The Morgan fingerprint density at radius 2 is 1.72 bits per heavy atom. The molecular weight excluding hydrogens is 424 g/mol. The summed E-state index contributed by atoms with van der Waals surface area (Å²) in [5, 5.41) is 3.01. The first-order valence-electron chi connectivity index (χ1n) is 10.9. The molecule has 0 fully saturated rings. The Kier molecular flexibility index (Phi) is 6.35. The van der Waals surface area contributed by atoms with Crippen LogP contribution in [0.3, 0.4) is 0 Å². The van der Waals surface area contributed by atoms with Crippen molar-refractivity contribution in [3.8, 4) is 5.75 Å². The zero-order chi connectivity index (χ0) is 24.0. The predicted octanol–water partition coefficient (Wildman–Crippen LogP) is 4.31. The molecule has 32 heavy (non-hydrogen) atoms. The number of amides is 1. The third-order valence-corrected chi connectivity index (χ3v) is 7.24. The summed E-state index contributed by atoms with van der Waals surface area (Å²) in [5.74, 6) is 0.0548. The normalized spacial score (nSPS) is 17.4. The summed E-state index contributed by atoms with van der Waals surface area (Å²) in [6, 6.07) is 9.47. The van der Waals surface area contributed by atoms with Gasteiger partial charge in [0.15, 0.2) is 6.10 Å². The molecule has 0 saturated carbocycles. The van der Waals surface area contributed by atoms with Crippen molar-refractivity contribution in [3.63, 3.8) is 0 Å². The van der Waals surface area contributed by atoms with E-state index in [9.17, 15) is 13.2 Å². The summed E-state index contributed by atoms with van der Waals surface area (Å²) in [7, 11) is -3.59. The third-order valence-electron chi connectivity index (χ3n) is 6.09. The first-order chi connectivity index (χ1) is 14.7. The Hall–Kier alpha value is -2.54. The largest absolute Gasteiger partial charge is 0.476 e. The minimum Gasteiger partial charge on any atom is -0.476 e. The van der Waals surface area contributed by atoms with Gasteiger partial charge in [0.25, 0.3) is 5.91 Å². The molecule has 1 aliphatic rings. The van der Waals surface area contributed by atoms with Gasteiger partial charge in [-0.25, -0.2) is 8.42 Å². The summed E-state index contributed by atoms with van der Waals surface area (Å²) in [5.41, 5.74) is 5.82. The maximum atomic E-state index is 13.1. The molecule has 0 aliphatic carbocycles. The molecule has 2 atom stereocenters. The molecule has 2 unspecified atom stereocenters. The number of benzene rings is 2. The van der Waals surface area contributed by atoms with E-state index in [0.29, 0.717) is 11.4 Å². The highest BCUT2D eigenvalue weighted by Crippen LogP contribution is 2.38. The van der Waals surface area contributed by atoms with Crippen LogP contribution in [0.5, 0.6) is 5.75 Å². The zero-order valence-corrected chi connectivity index (χ0v) is 21.1. The van der Waals surface area contributed by atoms with E-state index in [2.05, 4.69) is 45.1 Å². The van der Waals surface area contributed by atoms with Crippen molar-refractivity contribution < 1.29 is 17.9 Å². The van der Waals surface area contributed by atoms with Crippen LogP contribution >= 0.6 is 0 Å². The Morgan fingerprint density at radius 1 is 1.09 bits per heavy atom. The molecule has 3 rings (SSSR count). The lowest BCUT2D eigenvalue weighted by Crippen LogP contribution is -2.51. The maximum Gasteiger partial charge on any atom is 0.263 e. The van der Waals surface area contributed by atoms with Gasteiger partial charge in [-0.3, -0.25) is 9.10 Å². The van der Waals surface area contributed by atoms with Crippen molar-refractivity contribution >= 4 is 21.6 Å². The number of ether oxygens (including phenoxy) is 1. The Bertz CT molecular complexity index is 1150. The number of sulfonamides is 1. The first-order valence-corrected chi connectivity index (χ1v) is 12.7. The fourth-order valence-corrected chi connectivity index (χ4v) is 4.91. The first kappa shape index (κ1) is 24.1. The molecule has 1 aliphatic heterocycles. The van der Waals surface area contributed by atoms with Crippen LogP contribution in [-0.4, -0.2) is 33.2 Å². The summed E-state index contributed by atoms with van der Waals surface area (Å²) in [6.45, 7) is 14.2. The molecule has 0 saturated heterocycles. The molecule has 7 heteroatoms. The van der Waals surface area contributed by atoms with Gasteiger partial charge in [0.2, 0.25) is 10.0 Å². The van der Waals surface area contributed by atoms with E-state index >= 15 is 0 Å². The van der Waals surface area contributed by atoms with Crippen LogP contribution in [0, 0.1) is 20.8 Å². The monoisotopic (exact) mass is 458 g/mol. The van der Waals surface area contributed by atoms with Gasteiger partial charge in [-0.2, -0.15) is 0 Å². The Labute approximate surface area is 192 Å². The molecule has 0 bridgehead atoms. The lowest BCUT2D eigenvalue weighted by atomic mass is 9.86. The highest BCUT2D eigenvalue weighted by molar-refractivity contribution is 7.92. The molecular formula is C25H34N2O4S.